The van der Waals surface area contributed by atoms with Crippen molar-refractivity contribution in [2.45, 2.75) is 110 Å². The van der Waals surface area contributed by atoms with E-state index in [0.717, 1.165) is 0 Å². The number of allylic oxidation sites excluding steroid dienone is 1. The molecule has 8 atom stereocenters. The molecule has 48 heavy (non-hydrogen) atoms. The van der Waals surface area contributed by atoms with E-state index < -0.39 is 59.1 Å². The minimum absolute atomic E-state index is 0.0682. The number of rotatable bonds is 7. The first kappa shape index (κ1) is 35.8. The number of esters is 1. The molecular weight excluding hydrogens is 610 g/mol. The van der Waals surface area contributed by atoms with Crippen molar-refractivity contribution in [3.8, 4) is 0 Å². The minimum atomic E-state index is -1.41. The second-order valence-electron chi connectivity index (χ2n) is 15.7. The van der Waals surface area contributed by atoms with Gasteiger partial charge in [0, 0.05) is 18.5 Å². The van der Waals surface area contributed by atoms with Crippen LogP contribution in [0.25, 0.3) is 0 Å². The molecule has 10 nitrogen and oxygen atoms in total. The van der Waals surface area contributed by atoms with E-state index in [1.165, 1.54) is 4.90 Å². The van der Waals surface area contributed by atoms with Gasteiger partial charge in [0.25, 0.3) is 0 Å². The Hall–Kier alpha value is -3.50. The molecule has 1 aromatic carbocycles. The highest BCUT2D eigenvalue weighted by molar-refractivity contribution is 5.99. The van der Waals surface area contributed by atoms with Gasteiger partial charge < -0.3 is 29.7 Å². The van der Waals surface area contributed by atoms with Crippen LogP contribution in [-0.4, -0.2) is 87.6 Å². The van der Waals surface area contributed by atoms with Gasteiger partial charge in [0.05, 0.1) is 31.2 Å². The molecule has 4 heterocycles. The summed E-state index contributed by atoms with van der Waals surface area (Å²) in [5.41, 5.74) is -1.47. The number of hydrogen-bond donors (Lipinski definition) is 2. The van der Waals surface area contributed by atoms with Crippen LogP contribution < -0.4 is 5.32 Å². The Morgan fingerprint density at radius 3 is 2.40 bits per heavy atom. The second-order valence-corrected chi connectivity index (χ2v) is 15.7. The number of fused-ring (bicyclic) bond motifs is 2. The third-order valence-corrected chi connectivity index (χ3v) is 10.5. The first-order chi connectivity index (χ1) is 22.6. The molecule has 4 aliphatic rings. The molecule has 5 bridgehead atoms. The molecule has 0 radical (unpaired) electrons. The molecule has 4 aliphatic heterocycles. The van der Waals surface area contributed by atoms with Crippen molar-refractivity contribution >= 4 is 23.7 Å². The number of nitrogens with zero attached hydrogens (tertiary/aromatic N) is 2. The van der Waals surface area contributed by atoms with Crippen LogP contribution in [0.1, 0.15) is 85.8 Å². The first-order valence-corrected chi connectivity index (χ1v) is 17.4. The predicted octanol–water partition coefficient (Wildman–Crippen LogP) is 4.34. The van der Waals surface area contributed by atoms with Crippen molar-refractivity contribution in [3.05, 3.63) is 60.2 Å². The summed E-state index contributed by atoms with van der Waals surface area (Å²) in [6, 6.07) is 7.43. The maximum atomic E-state index is 15.2. The van der Waals surface area contributed by atoms with Gasteiger partial charge in [0.15, 0.2) is 0 Å². The van der Waals surface area contributed by atoms with Crippen LogP contribution in [0.5, 0.6) is 0 Å². The van der Waals surface area contributed by atoms with E-state index in [2.05, 4.69) is 26.1 Å². The normalized spacial score (nSPS) is 31.8. The van der Waals surface area contributed by atoms with Gasteiger partial charge >= 0.3 is 5.97 Å². The summed E-state index contributed by atoms with van der Waals surface area (Å²) in [6.45, 7) is 14.4. The molecule has 2 saturated heterocycles. The molecule has 0 aliphatic carbocycles. The molecule has 1 spiro atoms. The number of carbonyl (C=O) groups excluding carboxylic acids is 4. The van der Waals surface area contributed by atoms with Gasteiger partial charge in [-0.15, -0.1) is 0 Å². The molecule has 10 heteroatoms. The van der Waals surface area contributed by atoms with Gasteiger partial charge in [-0.3, -0.25) is 19.2 Å². The monoisotopic (exact) mass is 663 g/mol. The zero-order valence-corrected chi connectivity index (χ0v) is 29.5. The van der Waals surface area contributed by atoms with Crippen LogP contribution in [-0.2, 0) is 28.7 Å². The highest BCUT2D eigenvalue weighted by atomic mass is 16.6. The van der Waals surface area contributed by atoms with Crippen molar-refractivity contribution in [1.82, 2.24) is 15.1 Å². The fraction of sp³-hybridized carbons (Fsp3) is 0.632. The number of likely N-dealkylation sites (tertiary alicyclic amines) is 1. The Bertz CT molecular complexity index is 1430. The van der Waals surface area contributed by atoms with E-state index in [0.29, 0.717) is 24.8 Å². The fourth-order valence-electron chi connectivity index (χ4n) is 8.43. The van der Waals surface area contributed by atoms with Crippen molar-refractivity contribution < 1.29 is 33.8 Å². The average Bonchev–Trinajstić information content (AvgIpc) is 3.67. The lowest BCUT2D eigenvalue weighted by atomic mass is 9.74. The highest BCUT2D eigenvalue weighted by Gasteiger charge is 2.74. The molecule has 5 rings (SSSR count). The molecule has 0 saturated carbocycles. The lowest BCUT2D eigenvalue weighted by molar-refractivity contribution is -0.161. The smallest absolute Gasteiger partial charge is 0.313 e. The first-order valence-electron chi connectivity index (χ1n) is 17.4. The van der Waals surface area contributed by atoms with Crippen LogP contribution in [0.2, 0.25) is 0 Å². The second kappa shape index (κ2) is 13.8. The summed E-state index contributed by atoms with van der Waals surface area (Å²) in [4.78, 5) is 60.4. The Labute approximate surface area is 284 Å². The van der Waals surface area contributed by atoms with Crippen LogP contribution in [0.3, 0.4) is 0 Å². The van der Waals surface area contributed by atoms with E-state index >= 15 is 4.79 Å². The lowest BCUT2D eigenvalue weighted by Gasteiger charge is -2.46. The Morgan fingerprint density at radius 1 is 1.04 bits per heavy atom. The molecule has 0 aromatic heterocycles. The number of amides is 3. The predicted molar refractivity (Wildman–Crippen MR) is 181 cm³/mol. The summed E-state index contributed by atoms with van der Waals surface area (Å²) in [7, 11) is 0. The van der Waals surface area contributed by atoms with Gasteiger partial charge in [-0.1, -0.05) is 95.7 Å². The third-order valence-electron chi connectivity index (χ3n) is 10.5. The Balaban J connectivity index is 1.64. The van der Waals surface area contributed by atoms with Gasteiger partial charge in [-0.2, -0.15) is 0 Å². The molecule has 0 unspecified atom stereocenters. The topological polar surface area (TPSA) is 125 Å². The number of carbonyl (C=O) groups is 4. The highest BCUT2D eigenvalue weighted by Crippen LogP contribution is 2.57. The SMILES string of the molecule is CC[C@H](C)[C@H](CO)N1C(=O)[C@H]2[C@@H]3C(=O)O[C@H](c4ccccc4)CNC(=O)CC/C=C\CN(C(C)(C)CC(C)(C)C)C(=O)[C@H]1[C@@]21C=C[C@@H]3O1. The molecule has 2 fully saturated rings. The fourth-order valence-corrected chi connectivity index (χ4v) is 8.43. The van der Waals surface area contributed by atoms with Crippen LogP contribution >= 0.6 is 0 Å². The maximum absolute atomic E-state index is 15.2. The quantitative estimate of drug-likeness (QED) is 0.329. The number of nitrogens with one attached hydrogen (secondary N) is 1. The van der Waals surface area contributed by atoms with Gasteiger partial charge in [-0.05, 0) is 43.6 Å². The third kappa shape index (κ3) is 6.70. The molecule has 2 N–H and O–H groups in total. The van der Waals surface area contributed by atoms with Crippen LogP contribution in [0.4, 0.5) is 0 Å². The van der Waals surface area contributed by atoms with Crippen molar-refractivity contribution in [1.29, 1.82) is 0 Å². The van der Waals surface area contributed by atoms with Gasteiger partial charge in [-0.25, -0.2) is 0 Å². The van der Waals surface area contributed by atoms with Crippen molar-refractivity contribution in [2.24, 2.45) is 23.2 Å². The Kier molecular flexibility index (Phi) is 10.3. The summed E-state index contributed by atoms with van der Waals surface area (Å²) in [6.07, 6.45) is 7.86. The summed E-state index contributed by atoms with van der Waals surface area (Å²) in [5, 5.41) is 13.7. The molecule has 262 valence electrons. The van der Waals surface area contributed by atoms with Crippen LogP contribution in [0.15, 0.2) is 54.6 Å². The Morgan fingerprint density at radius 2 is 1.75 bits per heavy atom. The van der Waals surface area contributed by atoms with E-state index in [9.17, 15) is 19.5 Å². The van der Waals surface area contributed by atoms with Crippen LogP contribution in [0, 0.1) is 23.2 Å². The molecule has 1 aromatic rings. The largest absolute Gasteiger partial charge is 0.455 e. The van der Waals surface area contributed by atoms with E-state index in [1.54, 1.807) is 12.2 Å². The average molecular weight is 664 g/mol. The zero-order chi connectivity index (χ0) is 35.0. The van der Waals surface area contributed by atoms with Crippen molar-refractivity contribution in [3.63, 3.8) is 0 Å². The molecule has 3 amide bonds. The number of aliphatic hydroxyl groups is 1. The maximum Gasteiger partial charge on any atom is 0.313 e. The van der Waals surface area contributed by atoms with Gasteiger partial charge in [0.2, 0.25) is 17.7 Å². The van der Waals surface area contributed by atoms with Crippen molar-refractivity contribution in [2.75, 3.05) is 19.7 Å². The summed E-state index contributed by atoms with van der Waals surface area (Å²) >= 11 is 0. The van der Waals surface area contributed by atoms with Gasteiger partial charge in [0.1, 0.15) is 23.7 Å². The summed E-state index contributed by atoms with van der Waals surface area (Å²) in [5.74, 6) is -3.65. The number of benzene rings is 1. The summed E-state index contributed by atoms with van der Waals surface area (Å²) < 4.78 is 12.8. The lowest BCUT2D eigenvalue weighted by Crippen LogP contribution is -2.63. The van der Waals surface area contributed by atoms with E-state index in [1.807, 2.05) is 75.1 Å². The minimum Gasteiger partial charge on any atom is -0.455 e. The molecular formula is C38H53N3O7. The number of ether oxygens (including phenoxy) is 2. The standard InChI is InChI=1S/C38H53N3O7/c1-8-24(2)26(22-42)41-32-34(45)40(37(6,7)23-36(3,4)5)20-14-10-13-17-29(43)39-21-28(25-15-11-9-12-16-25)47-35(46)30-27-18-19-38(32,48-27)31(30)33(41)44/h9-12,14-16,18-19,24,26-28,30-32,42H,8,13,17,20-23H2,1-7H3,(H,39,43)/b14-10-/t24-,26-,27-,28-,30+,31+,32-,38+/m0/s1. The van der Waals surface area contributed by atoms with E-state index in [4.69, 9.17) is 9.47 Å². The number of aliphatic hydroxyl groups excluding tert-OH is 1. The number of cyclic esters (lactones) is 1. The van der Waals surface area contributed by atoms with E-state index in [-0.39, 0.29) is 49.3 Å². The zero-order valence-electron chi connectivity index (χ0n) is 29.5. The number of hydrogen-bond acceptors (Lipinski definition) is 7.